The lowest BCUT2D eigenvalue weighted by Gasteiger charge is -2.58. The van der Waals surface area contributed by atoms with Crippen LogP contribution < -0.4 is 5.73 Å². The first-order chi connectivity index (χ1) is 11.4. The number of nitrogens with zero attached hydrogens (tertiary/aromatic N) is 2. The topological polar surface area (TPSA) is 58.8 Å². The van der Waals surface area contributed by atoms with E-state index < -0.39 is 5.54 Å². The van der Waals surface area contributed by atoms with Crippen LogP contribution in [0, 0.1) is 5.41 Å². The van der Waals surface area contributed by atoms with Crippen LogP contribution in [0.4, 0.5) is 0 Å². The lowest BCUT2D eigenvalue weighted by Crippen LogP contribution is -2.76. The van der Waals surface area contributed by atoms with Gasteiger partial charge < -0.3 is 15.4 Å². The Bertz CT molecular complexity index is 472. The number of hydrogen-bond acceptors (Lipinski definition) is 4. The largest absolute Gasteiger partial charge is 0.378 e. The van der Waals surface area contributed by atoms with Gasteiger partial charge in [-0.25, -0.2) is 0 Å². The van der Waals surface area contributed by atoms with E-state index in [0.29, 0.717) is 13.0 Å². The number of nitrogens with two attached hydrogens (primary N) is 1. The van der Waals surface area contributed by atoms with Crippen molar-refractivity contribution in [2.45, 2.75) is 77.0 Å². The van der Waals surface area contributed by atoms with Gasteiger partial charge in [0.1, 0.15) is 5.54 Å². The molecule has 3 fully saturated rings. The van der Waals surface area contributed by atoms with Crippen LogP contribution in [0.3, 0.4) is 0 Å². The van der Waals surface area contributed by atoms with Crippen LogP contribution >= 0.6 is 24.8 Å². The summed E-state index contributed by atoms with van der Waals surface area (Å²) in [5, 5.41) is 0. The molecular weight excluding hydrogens is 373 g/mol. The highest BCUT2D eigenvalue weighted by atomic mass is 35.5. The molecule has 2 N–H and O–H groups in total. The molecule has 1 amide bonds. The zero-order valence-electron chi connectivity index (χ0n) is 16.5. The van der Waals surface area contributed by atoms with E-state index in [-0.39, 0.29) is 42.2 Å². The van der Waals surface area contributed by atoms with Gasteiger partial charge in [-0.15, -0.1) is 24.8 Å². The summed E-state index contributed by atoms with van der Waals surface area (Å²) < 4.78 is 5.78. The highest BCUT2D eigenvalue weighted by Crippen LogP contribution is 2.50. The Kier molecular flexibility index (Phi) is 8.68. The molecule has 2 atom stereocenters. The fourth-order valence-electron chi connectivity index (χ4n) is 4.86. The van der Waals surface area contributed by atoms with E-state index in [1.807, 2.05) is 11.8 Å². The second-order valence-electron chi connectivity index (χ2n) is 8.46. The number of amides is 1. The van der Waals surface area contributed by atoms with Gasteiger partial charge in [0.15, 0.2) is 0 Å². The molecule has 0 radical (unpaired) electrons. The van der Waals surface area contributed by atoms with Crippen molar-refractivity contribution in [3.8, 4) is 0 Å². The van der Waals surface area contributed by atoms with Gasteiger partial charge in [-0.1, -0.05) is 26.7 Å². The van der Waals surface area contributed by atoms with Crippen molar-refractivity contribution in [3.05, 3.63) is 0 Å². The molecule has 0 aromatic carbocycles. The highest BCUT2D eigenvalue weighted by Gasteiger charge is 2.63. The summed E-state index contributed by atoms with van der Waals surface area (Å²) in [6, 6.07) is 0.745. The Balaban J connectivity index is 0.00000169. The minimum absolute atomic E-state index is 0. The molecule has 2 unspecified atom stereocenters. The van der Waals surface area contributed by atoms with E-state index in [2.05, 4.69) is 18.7 Å². The summed E-state index contributed by atoms with van der Waals surface area (Å²) >= 11 is 0. The van der Waals surface area contributed by atoms with Crippen molar-refractivity contribution < 1.29 is 9.53 Å². The van der Waals surface area contributed by atoms with Gasteiger partial charge in [0.25, 0.3) is 0 Å². The van der Waals surface area contributed by atoms with E-state index in [1.54, 1.807) is 0 Å². The fourth-order valence-corrected chi connectivity index (χ4v) is 4.86. The van der Waals surface area contributed by atoms with Gasteiger partial charge in [0, 0.05) is 50.7 Å². The molecule has 1 aliphatic heterocycles. The molecule has 2 saturated carbocycles. The molecule has 0 bridgehead atoms. The molecule has 26 heavy (non-hydrogen) atoms. The van der Waals surface area contributed by atoms with Gasteiger partial charge >= 0.3 is 0 Å². The molecule has 5 nitrogen and oxygen atoms in total. The average Bonchev–Trinajstić information content (AvgIpc) is 2.98. The van der Waals surface area contributed by atoms with E-state index in [4.69, 9.17) is 10.5 Å². The zero-order valence-corrected chi connectivity index (χ0v) is 18.2. The second-order valence-corrected chi connectivity index (χ2v) is 8.46. The second kappa shape index (κ2) is 9.42. The first-order valence-corrected chi connectivity index (χ1v) is 9.84. The van der Waals surface area contributed by atoms with Crippen molar-refractivity contribution >= 4 is 30.7 Å². The molecule has 0 aromatic heterocycles. The lowest BCUT2D eigenvalue weighted by molar-refractivity contribution is -0.179. The first kappa shape index (κ1) is 24.0. The predicted octanol–water partition coefficient (Wildman–Crippen LogP) is 2.84. The Morgan fingerprint density at radius 2 is 1.73 bits per heavy atom. The summed E-state index contributed by atoms with van der Waals surface area (Å²) in [5.41, 5.74) is 5.54. The van der Waals surface area contributed by atoms with E-state index in [9.17, 15) is 4.79 Å². The third-order valence-electron chi connectivity index (χ3n) is 6.87. The molecule has 3 rings (SSSR count). The van der Waals surface area contributed by atoms with Crippen LogP contribution in [0.25, 0.3) is 0 Å². The Morgan fingerprint density at radius 3 is 2.31 bits per heavy atom. The van der Waals surface area contributed by atoms with Crippen molar-refractivity contribution in [2.75, 3.05) is 32.8 Å². The van der Waals surface area contributed by atoms with Crippen molar-refractivity contribution in [2.24, 2.45) is 11.1 Å². The summed E-state index contributed by atoms with van der Waals surface area (Å²) in [6.07, 6.45) is 7.20. The van der Waals surface area contributed by atoms with Gasteiger partial charge in [-0.2, -0.15) is 0 Å². The number of carbonyl (C=O) groups is 1. The molecule has 7 heteroatoms. The Hall–Kier alpha value is -0.0700. The fraction of sp³-hybridized carbons (Fsp3) is 0.947. The molecular formula is C19H37Cl2N3O2. The summed E-state index contributed by atoms with van der Waals surface area (Å²) in [5.74, 6) is 0.136. The van der Waals surface area contributed by atoms with Crippen molar-refractivity contribution in [1.82, 2.24) is 9.80 Å². The maximum absolute atomic E-state index is 13.2. The third-order valence-corrected chi connectivity index (χ3v) is 6.87. The standard InChI is InChI=1S/C19H35N3O2.2ClH/c1-4-24-16-14-19(20,18(16,2)3)17(23)22-11-7-10-21(12-13-22)15-8-5-6-9-15;;/h15-16H,4-14,20H2,1-3H3;2*1H. The monoisotopic (exact) mass is 409 g/mol. The van der Waals surface area contributed by atoms with E-state index in [1.165, 1.54) is 25.7 Å². The predicted molar refractivity (Wildman–Crippen MR) is 110 cm³/mol. The van der Waals surface area contributed by atoms with Crippen LogP contribution in [-0.4, -0.2) is 66.2 Å². The van der Waals surface area contributed by atoms with Crippen molar-refractivity contribution in [1.29, 1.82) is 0 Å². The molecule has 2 aliphatic carbocycles. The SMILES string of the molecule is CCOC1CC(N)(C(=O)N2CCCN(C3CCCC3)CC2)C1(C)C.Cl.Cl. The number of ether oxygens (including phenoxy) is 1. The molecule has 1 heterocycles. The maximum atomic E-state index is 13.2. The normalized spacial score (nSPS) is 32.2. The first-order valence-electron chi connectivity index (χ1n) is 9.84. The van der Waals surface area contributed by atoms with Crippen LogP contribution in [0.1, 0.15) is 59.3 Å². The molecule has 154 valence electrons. The molecule has 3 aliphatic rings. The minimum Gasteiger partial charge on any atom is -0.378 e. The Morgan fingerprint density at radius 1 is 1.08 bits per heavy atom. The molecule has 0 spiro atoms. The average molecular weight is 410 g/mol. The van der Waals surface area contributed by atoms with Gasteiger partial charge in [0.05, 0.1) is 6.10 Å². The lowest BCUT2D eigenvalue weighted by atomic mass is 9.54. The van der Waals surface area contributed by atoms with Crippen LogP contribution in [-0.2, 0) is 9.53 Å². The third kappa shape index (κ3) is 4.17. The maximum Gasteiger partial charge on any atom is 0.243 e. The minimum atomic E-state index is -0.768. The smallest absolute Gasteiger partial charge is 0.243 e. The molecule has 1 saturated heterocycles. The van der Waals surface area contributed by atoms with Crippen LogP contribution in [0.5, 0.6) is 0 Å². The Labute approximate surface area is 171 Å². The number of hydrogen-bond donors (Lipinski definition) is 1. The summed E-state index contributed by atoms with van der Waals surface area (Å²) in [6.45, 7) is 10.6. The van der Waals surface area contributed by atoms with Gasteiger partial charge in [-0.05, 0) is 26.2 Å². The van der Waals surface area contributed by atoms with Crippen LogP contribution in [0.2, 0.25) is 0 Å². The van der Waals surface area contributed by atoms with Crippen molar-refractivity contribution in [3.63, 3.8) is 0 Å². The highest BCUT2D eigenvalue weighted by molar-refractivity contribution is 5.89. The zero-order chi connectivity index (χ0) is 17.4. The summed E-state index contributed by atoms with van der Waals surface area (Å²) in [7, 11) is 0. The molecule has 0 aromatic rings. The number of rotatable bonds is 4. The number of halogens is 2. The summed E-state index contributed by atoms with van der Waals surface area (Å²) in [4.78, 5) is 17.8. The van der Waals surface area contributed by atoms with Crippen LogP contribution in [0.15, 0.2) is 0 Å². The number of carbonyl (C=O) groups excluding carboxylic acids is 1. The van der Waals surface area contributed by atoms with E-state index >= 15 is 0 Å². The van der Waals surface area contributed by atoms with E-state index in [0.717, 1.165) is 38.6 Å². The van der Waals surface area contributed by atoms with Gasteiger partial charge in [0.2, 0.25) is 5.91 Å². The quantitative estimate of drug-likeness (QED) is 0.775. The van der Waals surface area contributed by atoms with Gasteiger partial charge in [-0.3, -0.25) is 9.69 Å².